The van der Waals surface area contributed by atoms with Crippen LogP contribution in [0.15, 0.2) is 36.4 Å². The SMILES string of the molecule is CCNCc1cccc(NC(=O)c2cc(OC)c(OC)cc2[N+](=O)[O-])c1. The fourth-order valence-electron chi connectivity index (χ4n) is 2.43. The third-order valence-corrected chi connectivity index (χ3v) is 3.71. The molecule has 2 aromatic rings. The molecule has 2 N–H and O–H groups in total. The molecule has 0 aliphatic heterocycles. The second-order valence-electron chi connectivity index (χ2n) is 5.42. The van der Waals surface area contributed by atoms with Crippen molar-refractivity contribution in [3.8, 4) is 11.5 Å². The summed E-state index contributed by atoms with van der Waals surface area (Å²) in [6.45, 7) is 3.49. The summed E-state index contributed by atoms with van der Waals surface area (Å²) in [6, 6.07) is 9.75. The van der Waals surface area contributed by atoms with Crippen LogP contribution >= 0.6 is 0 Å². The molecule has 0 spiro atoms. The average Bonchev–Trinajstić information content (AvgIpc) is 2.65. The Hall–Kier alpha value is -3.13. The minimum Gasteiger partial charge on any atom is -0.493 e. The lowest BCUT2D eigenvalue weighted by molar-refractivity contribution is -0.385. The normalized spacial score (nSPS) is 10.3. The Morgan fingerprint density at radius 3 is 2.46 bits per heavy atom. The van der Waals surface area contributed by atoms with Crippen LogP contribution in [0.25, 0.3) is 0 Å². The number of nitro benzene ring substituents is 1. The molecule has 26 heavy (non-hydrogen) atoms. The molecular formula is C18H21N3O5. The number of ether oxygens (including phenoxy) is 2. The Bertz CT molecular complexity index is 807. The first-order chi connectivity index (χ1) is 12.5. The Kier molecular flexibility index (Phi) is 6.51. The number of carbonyl (C=O) groups is 1. The highest BCUT2D eigenvalue weighted by Crippen LogP contribution is 2.34. The summed E-state index contributed by atoms with van der Waals surface area (Å²) in [6.07, 6.45) is 0. The van der Waals surface area contributed by atoms with Gasteiger partial charge in [-0.3, -0.25) is 14.9 Å². The lowest BCUT2D eigenvalue weighted by Gasteiger charge is -2.11. The van der Waals surface area contributed by atoms with E-state index < -0.39 is 10.8 Å². The lowest BCUT2D eigenvalue weighted by atomic mass is 10.1. The van der Waals surface area contributed by atoms with Gasteiger partial charge < -0.3 is 20.1 Å². The molecule has 8 heteroatoms. The van der Waals surface area contributed by atoms with Gasteiger partial charge in [-0.1, -0.05) is 19.1 Å². The molecule has 1 amide bonds. The predicted octanol–water partition coefficient (Wildman–Crippen LogP) is 2.97. The minimum absolute atomic E-state index is 0.107. The number of hydrogen-bond donors (Lipinski definition) is 2. The Labute approximate surface area is 151 Å². The lowest BCUT2D eigenvalue weighted by Crippen LogP contribution is -2.15. The van der Waals surface area contributed by atoms with Crippen LogP contribution in [0, 0.1) is 10.1 Å². The van der Waals surface area contributed by atoms with Gasteiger partial charge in [0.2, 0.25) is 0 Å². The number of anilines is 1. The van der Waals surface area contributed by atoms with E-state index in [0.717, 1.165) is 12.1 Å². The summed E-state index contributed by atoms with van der Waals surface area (Å²) in [5.41, 5.74) is 1.08. The van der Waals surface area contributed by atoms with Gasteiger partial charge >= 0.3 is 0 Å². The molecule has 0 saturated heterocycles. The molecule has 0 aliphatic carbocycles. The average molecular weight is 359 g/mol. The number of nitrogens with zero attached hydrogens (tertiary/aromatic N) is 1. The van der Waals surface area contributed by atoms with Gasteiger partial charge in [-0.15, -0.1) is 0 Å². The number of methoxy groups -OCH3 is 2. The third kappa shape index (κ3) is 4.48. The van der Waals surface area contributed by atoms with Crippen molar-refractivity contribution in [3.63, 3.8) is 0 Å². The zero-order valence-corrected chi connectivity index (χ0v) is 14.9. The third-order valence-electron chi connectivity index (χ3n) is 3.71. The molecule has 0 radical (unpaired) electrons. The van der Waals surface area contributed by atoms with E-state index in [4.69, 9.17) is 9.47 Å². The van der Waals surface area contributed by atoms with Crippen molar-refractivity contribution in [2.24, 2.45) is 0 Å². The number of carbonyl (C=O) groups excluding carboxylic acids is 1. The van der Waals surface area contributed by atoms with Crippen LogP contribution in [0.2, 0.25) is 0 Å². The van der Waals surface area contributed by atoms with E-state index in [9.17, 15) is 14.9 Å². The van der Waals surface area contributed by atoms with Crippen LogP contribution in [-0.4, -0.2) is 31.6 Å². The quantitative estimate of drug-likeness (QED) is 0.555. The summed E-state index contributed by atoms with van der Waals surface area (Å²) in [4.78, 5) is 23.3. The fraction of sp³-hybridized carbons (Fsp3) is 0.278. The second-order valence-corrected chi connectivity index (χ2v) is 5.42. The molecule has 2 rings (SSSR count). The molecule has 0 unspecified atom stereocenters. The maximum atomic E-state index is 12.6. The molecule has 138 valence electrons. The van der Waals surface area contributed by atoms with Crippen molar-refractivity contribution in [1.82, 2.24) is 5.32 Å². The van der Waals surface area contributed by atoms with Crippen LogP contribution in [-0.2, 0) is 6.54 Å². The molecule has 0 bridgehead atoms. The maximum Gasteiger partial charge on any atom is 0.286 e. The molecule has 0 atom stereocenters. The maximum absolute atomic E-state index is 12.6. The zero-order valence-electron chi connectivity index (χ0n) is 14.9. The summed E-state index contributed by atoms with van der Waals surface area (Å²) in [7, 11) is 2.77. The molecule has 0 fully saturated rings. The molecule has 0 saturated carbocycles. The molecule has 0 heterocycles. The minimum atomic E-state index is -0.627. The number of rotatable bonds is 8. The van der Waals surface area contributed by atoms with Gasteiger partial charge in [-0.2, -0.15) is 0 Å². The highest BCUT2D eigenvalue weighted by molar-refractivity contribution is 6.07. The van der Waals surface area contributed by atoms with Crippen LogP contribution in [0.4, 0.5) is 11.4 Å². The van der Waals surface area contributed by atoms with Crippen LogP contribution in [0.1, 0.15) is 22.8 Å². The zero-order chi connectivity index (χ0) is 19.1. The van der Waals surface area contributed by atoms with Crippen molar-refractivity contribution >= 4 is 17.3 Å². The van der Waals surface area contributed by atoms with Gasteiger partial charge in [-0.05, 0) is 24.2 Å². The molecule has 2 aromatic carbocycles. The molecule has 0 aromatic heterocycles. The molecule has 0 aliphatic rings. The van der Waals surface area contributed by atoms with Crippen LogP contribution in [0.5, 0.6) is 11.5 Å². The molecular weight excluding hydrogens is 338 g/mol. The van der Waals surface area contributed by atoms with Gasteiger partial charge in [0.15, 0.2) is 11.5 Å². The van der Waals surface area contributed by atoms with E-state index in [-0.39, 0.29) is 22.7 Å². The summed E-state index contributed by atoms with van der Waals surface area (Å²) in [5, 5.41) is 17.2. The Balaban J connectivity index is 2.33. The van der Waals surface area contributed by atoms with Crippen molar-refractivity contribution in [1.29, 1.82) is 0 Å². The van der Waals surface area contributed by atoms with E-state index in [0.29, 0.717) is 12.2 Å². The van der Waals surface area contributed by atoms with Gasteiger partial charge in [0.1, 0.15) is 5.56 Å². The van der Waals surface area contributed by atoms with Gasteiger partial charge in [0.25, 0.3) is 11.6 Å². The second kappa shape index (κ2) is 8.82. The fourth-order valence-corrected chi connectivity index (χ4v) is 2.43. The van der Waals surface area contributed by atoms with Gasteiger partial charge in [-0.25, -0.2) is 0 Å². The van der Waals surface area contributed by atoms with Gasteiger partial charge in [0.05, 0.1) is 25.2 Å². The van der Waals surface area contributed by atoms with Crippen molar-refractivity contribution in [2.45, 2.75) is 13.5 Å². The van der Waals surface area contributed by atoms with E-state index in [1.165, 1.54) is 26.4 Å². The summed E-state index contributed by atoms with van der Waals surface area (Å²) in [5.74, 6) is -0.175. The number of amides is 1. The van der Waals surface area contributed by atoms with E-state index in [1.54, 1.807) is 6.07 Å². The Morgan fingerprint density at radius 2 is 1.85 bits per heavy atom. The first-order valence-corrected chi connectivity index (χ1v) is 8.01. The van der Waals surface area contributed by atoms with E-state index >= 15 is 0 Å². The van der Waals surface area contributed by atoms with Crippen molar-refractivity contribution in [3.05, 3.63) is 57.6 Å². The first-order valence-electron chi connectivity index (χ1n) is 8.01. The van der Waals surface area contributed by atoms with Crippen LogP contribution in [0.3, 0.4) is 0 Å². The monoisotopic (exact) mass is 359 g/mol. The first kappa shape index (κ1) is 19.2. The van der Waals surface area contributed by atoms with E-state index in [1.807, 2.05) is 25.1 Å². The highest BCUT2D eigenvalue weighted by atomic mass is 16.6. The van der Waals surface area contributed by atoms with E-state index in [2.05, 4.69) is 10.6 Å². The predicted molar refractivity (Wildman–Crippen MR) is 98.0 cm³/mol. The summed E-state index contributed by atoms with van der Waals surface area (Å²) >= 11 is 0. The molecule has 8 nitrogen and oxygen atoms in total. The number of nitrogens with one attached hydrogen (secondary N) is 2. The van der Waals surface area contributed by atoms with Crippen molar-refractivity contribution in [2.75, 3.05) is 26.1 Å². The van der Waals surface area contributed by atoms with Gasteiger partial charge in [0, 0.05) is 18.3 Å². The highest BCUT2D eigenvalue weighted by Gasteiger charge is 2.24. The summed E-state index contributed by atoms with van der Waals surface area (Å²) < 4.78 is 10.2. The smallest absolute Gasteiger partial charge is 0.286 e. The number of nitro groups is 1. The number of benzene rings is 2. The van der Waals surface area contributed by atoms with Crippen LogP contribution < -0.4 is 20.1 Å². The standard InChI is InChI=1S/C18H21N3O5/c1-4-19-11-12-6-5-7-13(8-12)20-18(22)14-9-16(25-2)17(26-3)10-15(14)21(23)24/h5-10,19H,4,11H2,1-3H3,(H,20,22). The van der Waals surface area contributed by atoms with Crippen molar-refractivity contribution < 1.29 is 19.2 Å². The number of hydrogen-bond acceptors (Lipinski definition) is 6. The Morgan fingerprint density at radius 1 is 1.15 bits per heavy atom. The largest absolute Gasteiger partial charge is 0.493 e. The topological polar surface area (TPSA) is 103 Å².